The molecule has 5 nitrogen and oxygen atoms in total. The first kappa shape index (κ1) is 15.6. The van der Waals surface area contributed by atoms with Gasteiger partial charge in [-0.2, -0.15) is 4.98 Å². The van der Waals surface area contributed by atoms with Crippen LogP contribution in [0.2, 0.25) is 5.02 Å². The Balaban J connectivity index is 1.70. The minimum absolute atomic E-state index is 0.200. The predicted molar refractivity (Wildman–Crippen MR) is 100 cm³/mol. The monoisotopic (exact) mass is 365 g/mol. The first-order valence-corrected chi connectivity index (χ1v) is 8.96. The smallest absolute Gasteiger partial charge is 0.275 e. The second kappa shape index (κ2) is 6.27. The van der Waals surface area contributed by atoms with Crippen molar-refractivity contribution in [2.24, 2.45) is 0 Å². The van der Waals surface area contributed by atoms with Gasteiger partial charge in [0.1, 0.15) is 5.69 Å². The molecule has 1 aliphatic rings. The Bertz CT molecular complexity index is 1070. The fraction of sp³-hybridized carbons (Fsp3) is 0.200. The van der Waals surface area contributed by atoms with Gasteiger partial charge in [0.15, 0.2) is 5.82 Å². The summed E-state index contributed by atoms with van der Waals surface area (Å²) in [6, 6.07) is 15.9. The van der Waals surface area contributed by atoms with E-state index in [1.807, 2.05) is 36.4 Å². The van der Waals surface area contributed by atoms with Gasteiger partial charge in [-0.15, -0.1) is 0 Å². The highest BCUT2D eigenvalue weighted by Gasteiger charge is 2.25. The predicted octanol–water partition coefficient (Wildman–Crippen LogP) is 5.04. The number of hydrogen-bond acceptors (Lipinski definition) is 4. The Hall–Kier alpha value is -2.63. The molecule has 5 rings (SSSR count). The topological polar surface area (TPSA) is 63.9 Å². The van der Waals surface area contributed by atoms with Crippen molar-refractivity contribution in [1.29, 1.82) is 0 Å². The molecular formula is C20H16ClN3O2. The molecule has 26 heavy (non-hydrogen) atoms. The first-order chi connectivity index (χ1) is 12.8. The fourth-order valence-electron chi connectivity index (χ4n) is 3.47. The summed E-state index contributed by atoms with van der Waals surface area (Å²) in [5.74, 6) is 1.39. The van der Waals surface area contributed by atoms with Crippen LogP contribution in [0.5, 0.6) is 0 Å². The molecule has 1 fully saturated rings. The average molecular weight is 366 g/mol. The Morgan fingerprint density at radius 1 is 1.12 bits per heavy atom. The van der Waals surface area contributed by atoms with Crippen molar-refractivity contribution < 1.29 is 9.26 Å². The van der Waals surface area contributed by atoms with E-state index in [4.69, 9.17) is 20.9 Å². The third kappa shape index (κ3) is 2.60. The number of hydrogen-bond donors (Lipinski definition) is 1. The summed E-state index contributed by atoms with van der Waals surface area (Å²) in [4.78, 5) is 8.07. The standard InChI is InChI=1S/C20H16ClN3O2/c21-14-6-7-16-15(10-14)17(12-4-2-1-3-5-12)18(22-16)20-23-19(24-26-20)13-8-9-25-11-13/h1-7,10,13,22H,8-9,11H2. The van der Waals surface area contributed by atoms with Crippen molar-refractivity contribution in [2.75, 3.05) is 13.2 Å². The third-order valence-electron chi connectivity index (χ3n) is 4.77. The molecule has 0 amide bonds. The Labute approximate surface area is 154 Å². The van der Waals surface area contributed by atoms with Crippen molar-refractivity contribution in [3.8, 4) is 22.7 Å². The van der Waals surface area contributed by atoms with E-state index >= 15 is 0 Å². The highest BCUT2D eigenvalue weighted by Crippen LogP contribution is 2.39. The third-order valence-corrected chi connectivity index (χ3v) is 5.01. The maximum atomic E-state index is 6.24. The number of nitrogens with zero attached hydrogens (tertiary/aromatic N) is 2. The van der Waals surface area contributed by atoms with E-state index < -0.39 is 0 Å². The van der Waals surface area contributed by atoms with Crippen LogP contribution in [0.4, 0.5) is 0 Å². The summed E-state index contributed by atoms with van der Waals surface area (Å²) in [7, 11) is 0. The van der Waals surface area contributed by atoms with Crippen LogP contribution in [-0.4, -0.2) is 28.3 Å². The molecule has 1 aliphatic heterocycles. The molecule has 0 saturated carbocycles. The highest BCUT2D eigenvalue weighted by molar-refractivity contribution is 6.31. The van der Waals surface area contributed by atoms with E-state index in [9.17, 15) is 0 Å². The maximum Gasteiger partial charge on any atom is 0.275 e. The number of fused-ring (bicyclic) bond motifs is 1. The Kier molecular flexibility index (Phi) is 3.76. The normalized spacial score (nSPS) is 17.2. The lowest BCUT2D eigenvalue weighted by Gasteiger charge is -2.02. The number of benzene rings is 2. The van der Waals surface area contributed by atoms with Gasteiger partial charge in [0.2, 0.25) is 0 Å². The second-order valence-electron chi connectivity index (χ2n) is 6.45. The molecule has 130 valence electrons. The Morgan fingerprint density at radius 2 is 2.00 bits per heavy atom. The van der Waals surface area contributed by atoms with Crippen LogP contribution in [0.25, 0.3) is 33.6 Å². The van der Waals surface area contributed by atoms with Crippen molar-refractivity contribution in [1.82, 2.24) is 15.1 Å². The number of ether oxygens (including phenoxy) is 1. The molecule has 1 N–H and O–H groups in total. The van der Waals surface area contributed by atoms with Crippen LogP contribution in [-0.2, 0) is 4.74 Å². The average Bonchev–Trinajstić information content (AvgIpc) is 3.40. The molecule has 2 aromatic heterocycles. The lowest BCUT2D eigenvalue weighted by atomic mass is 10.0. The number of H-pyrrole nitrogens is 1. The number of rotatable bonds is 3. The van der Waals surface area contributed by atoms with E-state index in [-0.39, 0.29) is 5.92 Å². The zero-order valence-electron chi connectivity index (χ0n) is 13.9. The van der Waals surface area contributed by atoms with E-state index in [0.717, 1.165) is 40.8 Å². The van der Waals surface area contributed by atoms with Crippen LogP contribution >= 0.6 is 11.6 Å². The zero-order valence-corrected chi connectivity index (χ0v) is 14.7. The molecule has 0 spiro atoms. The lowest BCUT2D eigenvalue weighted by molar-refractivity contribution is 0.192. The summed E-state index contributed by atoms with van der Waals surface area (Å²) in [5.41, 5.74) is 3.87. The number of aromatic amines is 1. The van der Waals surface area contributed by atoms with E-state index in [2.05, 4.69) is 27.3 Å². The van der Waals surface area contributed by atoms with E-state index in [1.165, 1.54) is 0 Å². The van der Waals surface area contributed by atoms with Crippen LogP contribution < -0.4 is 0 Å². The SMILES string of the molecule is Clc1ccc2[nH]c(-c3nc(C4CCOC4)no3)c(-c3ccccc3)c2c1. The van der Waals surface area contributed by atoms with Crippen LogP contribution in [0.3, 0.4) is 0 Å². The molecule has 4 aromatic rings. The first-order valence-electron chi connectivity index (χ1n) is 8.58. The van der Waals surface area contributed by atoms with Gasteiger partial charge in [0, 0.05) is 34.0 Å². The Morgan fingerprint density at radius 3 is 2.81 bits per heavy atom. The molecule has 1 saturated heterocycles. The van der Waals surface area contributed by atoms with Gasteiger partial charge in [0.25, 0.3) is 5.89 Å². The summed E-state index contributed by atoms with van der Waals surface area (Å²) in [5, 5.41) is 5.90. The van der Waals surface area contributed by atoms with Crippen molar-refractivity contribution in [2.45, 2.75) is 12.3 Å². The van der Waals surface area contributed by atoms with Crippen LogP contribution in [0, 0.1) is 0 Å². The minimum Gasteiger partial charge on any atom is -0.381 e. The lowest BCUT2D eigenvalue weighted by Crippen LogP contribution is -1.99. The number of halogens is 1. The molecule has 0 bridgehead atoms. The molecule has 3 heterocycles. The molecule has 6 heteroatoms. The van der Waals surface area contributed by atoms with E-state index in [0.29, 0.717) is 23.3 Å². The van der Waals surface area contributed by atoms with Gasteiger partial charge in [-0.1, -0.05) is 47.1 Å². The van der Waals surface area contributed by atoms with Crippen molar-refractivity contribution in [3.05, 3.63) is 59.4 Å². The fourth-order valence-corrected chi connectivity index (χ4v) is 3.64. The largest absolute Gasteiger partial charge is 0.381 e. The molecular weight excluding hydrogens is 350 g/mol. The molecule has 0 aliphatic carbocycles. The minimum atomic E-state index is 0.200. The maximum absolute atomic E-state index is 6.24. The molecule has 2 aromatic carbocycles. The van der Waals surface area contributed by atoms with Gasteiger partial charge in [-0.05, 0) is 30.2 Å². The van der Waals surface area contributed by atoms with Gasteiger partial charge in [-0.25, -0.2) is 0 Å². The summed E-state index contributed by atoms with van der Waals surface area (Å²) in [6.45, 7) is 1.39. The number of nitrogens with one attached hydrogen (secondary N) is 1. The van der Waals surface area contributed by atoms with Crippen molar-refractivity contribution in [3.63, 3.8) is 0 Å². The molecule has 1 unspecified atom stereocenters. The van der Waals surface area contributed by atoms with Crippen LogP contribution in [0.1, 0.15) is 18.2 Å². The number of aromatic nitrogens is 3. The summed E-state index contributed by atoms with van der Waals surface area (Å²) < 4.78 is 11.0. The van der Waals surface area contributed by atoms with E-state index in [1.54, 1.807) is 0 Å². The van der Waals surface area contributed by atoms with Gasteiger partial charge in [0.05, 0.1) is 6.61 Å². The molecule has 1 atom stereocenters. The van der Waals surface area contributed by atoms with Crippen molar-refractivity contribution >= 4 is 22.5 Å². The van der Waals surface area contributed by atoms with Gasteiger partial charge >= 0.3 is 0 Å². The van der Waals surface area contributed by atoms with Gasteiger partial charge < -0.3 is 14.2 Å². The highest BCUT2D eigenvalue weighted by atomic mass is 35.5. The summed E-state index contributed by atoms with van der Waals surface area (Å²) in [6.07, 6.45) is 0.923. The van der Waals surface area contributed by atoms with Gasteiger partial charge in [-0.3, -0.25) is 0 Å². The zero-order chi connectivity index (χ0) is 17.5. The molecule has 0 radical (unpaired) electrons. The van der Waals surface area contributed by atoms with Crippen LogP contribution in [0.15, 0.2) is 53.1 Å². The summed E-state index contributed by atoms with van der Waals surface area (Å²) >= 11 is 6.24. The quantitative estimate of drug-likeness (QED) is 0.552. The second-order valence-corrected chi connectivity index (χ2v) is 6.89.